The zero-order valence-corrected chi connectivity index (χ0v) is 15.4. The lowest BCUT2D eigenvalue weighted by Gasteiger charge is -2.13. The predicted molar refractivity (Wildman–Crippen MR) is 96.2 cm³/mol. The Morgan fingerprint density at radius 1 is 1.25 bits per heavy atom. The topological polar surface area (TPSA) is 65.4 Å². The first-order valence-corrected chi connectivity index (χ1v) is 8.33. The molecule has 0 aliphatic heterocycles. The maximum absolute atomic E-state index is 13.8. The van der Waals surface area contributed by atoms with E-state index in [-0.39, 0.29) is 12.1 Å². The average molecular weight is 393 g/mol. The lowest BCUT2D eigenvalue weighted by molar-refractivity contribution is -0.0521. The van der Waals surface area contributed by atoms with Crippen LogP contribution < -0.4 is 14.8 Å². The molecule has 0 bridgehead atoms. The molecule has 9 heteroatoms. The van der Waals surface area contributed by atoms with E-state index in [1.807, 2.05) is 24.6 Å². The maximum atomic E-state index is 13.8. The molecule has 0 atom stereocenters. The maximum Gasteiger partial charge on any atom is 0.387 e. The van der Waals surface area contributed by atoms with E-state index >= 15 is 0 Å². The van der Waals surface area contributed by atoms with Gasteiger partial charge in [0.05, 0.1) is 18.1 Å². The molecule has 3 aromatic rings. The van der Waals surface area contributed by atoms with Gasteiger partial charge >= 0.3 is 6.61 Å². The second-order valence-electron chi connectivity index (χ2n) is 6.04. The van der Waals surface area contributed by atoms with E-state index in [0.29, 0.717) is 5.75 Å². The van der Waals surface area contributed by atoms with Crippen LogP contribution in [0.4, 0.5) is 13.2 Å². The predicted octanol–water partition coefficient (Wildman–Crippen LogP) is 3.56. The van der Waals surface area contributed by atoms with Crippen molar-refractivity contribution in [2.75, 3.05) is 7.11 Å². The van der Waals surface area contributed by atoms with Crippen LogP contribution in [0.15, 0.2) is 30.3 Å². The first kappa shape index (κ1) is 19.5. The molecule has 28 heavy (non-hydrogen) atoms. The van der Waals surface area contributed by atoms with Gasteiger partial charge in [0.25, 0.3) is 5.91 Å². The van der Waals surface area contributed by atoms with Gasteiger partial charge in [0.2, 0.25) is 0 Å². The van der Waals surface area contributed by atoms with Crippen LogP contribution in [0.5, 0.6) is 11.5 Å². The number of halogens is 3. The average Bonchev–Trinajstić information content (AvgIpc) is 2.95. The summed E-state index contributed by atoms with van der Waals surface area (Å²) in [6.45, 7) is -1.18. The van der Waals surface area contributed by atoms with Crippen LogP contribution >= 0.6 is 0 Å². The molecular weight excluding hydrogens is 375 g/mol. The van der Waals surface area contributed by atoms with Crippen molar-refractivity contribution in [2.24, 2.45) is 7.05 Å². The van der Waals surface area contributed by atoms with E-state index in [4.69, 9.17) is 4.74 Å². The van der Waals surface area contributed by atoms with Gasteiger partial charge in [-0.25, -0.2) is 9.37 Å². The van der Waals surface area contributed by atoms with Gasteiger partial charge in [-0.15, -0.1) is 0 Å². The number of hydrogen-bond acceptors (Lipinski definition) is 4. The van der Waals surface area contributed by atoms with Crippen molar-refractivity contribution in [2.45, 2.75) is 20.1 Å². The molecule has 0 saturated carbocycles. The van der Waals surface area contributed by atoms with E-state index in [1.165, 1.54) is 13.2 Å². The van der Waals surface area contributed by atoms with Crippen LogP contribution in [-0.4, -0.2) is 29.2 Å². The number of carbonyl (C=O) groups is 1. The Labute approximate surface area is 158 Å². The summed E-state index contributed by atoms with van der Waals surface area (Å²) < 4.78 is 49.6. The van der Waals surface area contributed by atoms with Crippen LogP contribution in [0, 0.1) is 12.7 Å². The van der Waals surface area contributed by atoms with E-state index in [0.717, 1.165) is 34.6 Å². The normalized spacial score (nSPS) is 11.1. The third-order valence-electron chi connectivity index (χ3n) is 4.38. The molecule has 0 fully saturated rings. The Hall–Kier alpha value is -3.23. The van der Waals surface area contributed by atoms with Gasteiger partial charge in [0.1, 0.15) is 11.6 Å². The highest BCUT2D eigenvalue weighted by atomic mass is 19.3. The fourth-order valence-corrected chi connectivity index (χ4v) is 2.95. The second-order valence-corrected chi connectivity index (χ2v) is 6.04. The largest absolute Gasteiger partial charge is 0.496 e. The Bertz CT molecular complexity index is 1030. The highest BCUT2D eigenvalue weighted by molar-refractivity contribution is 5.94. The van der Waals surface area contributed by atoms with Crippen LogP contribution in [-0.2, 0) is 13.6 Å². The fourth-order valence-electron chi connectivity index (χ4n) is 2.95. The van der Waals surface area contributed by atoms with Crippen molar-refractivity contribution in [3.05, 3.63) is 53.1 Å². The zero-order valence-electron chi connectivity index (χ0n) is 15.4. The highest BCUT2D eigenvalue weighted by Crippen LogP contribution is 2.28. The molecule has 0 radical (unpaired) electrons. The number of aryl methyl sites for hydroxylation is 2. The lowest BCUT2D eigenvalue weighted by atomic mass is 10.1. The Kier molecular flexibility index (Phi) is 5.43. The number of nitrogens with one attached hydrogen (secondary N) is 1. The monoisotopic (exact) mass is 393 g/mol. The molecule has 0 saturated heterocycles. The summed E-state index contributed by atoms with van der Waals surface area (Å²) in [7, 11) is 3.37. The SMILES string of the molecule is COc1ccc2nc(C)n(C)c2c1CNC(=O)c1ccc(OC(F)F)c(F)c1. The standard InChI is InChI=1S/C19H18F3N3O3/c1-10-24-14-5-7-15(27-3)12(17(14)25(10)2)9-23-18(26)11-4-6-16(13(20)8-11)28-19(21)22/h4-8,19H,9H2,1-3H3,(H,23,26). The van der Waals surface area contributed by atoms with Crippen molar-refractivity contribution in [3.8, 4) is 11.5 Å². The van der Waals surface area contributed by atoms with Crippen LogP contribution in [0.2, 0.25) is 0 Å². The Balaban J connectivity index is 1.84. The van der Waals surface area contributed by atoms with Crippen molar-refractivity contribution in [1.82, 2.24) is 14.9 Å². The van der Waals surface area contributed by atoms with Crippen LogP contribution in [0.1, 0.15) is 21.7 Å². The van der Waals surface area contributed by atoms with Gasteiger partial charge in [-0.2, -0.15) is 8.78 Å². The molecule has 0 unspecified atom stereocenters. The number of ether oxygens (including phenoxy) is 2. The number of rotatable bonds is 6. The number of nitrogens with zero attached hydrogens (tertiary/aromatic N) is 2. The fraction of sp³-hybridized carbons (Fsp3) is 0.263. The molecule has 148 valence electrons. The second kappa shape index (κ2) is 7.79. The first-order valence-electron chi connectivity index (χ1n) is 8.33. The minimum absolute atomic E-state index is 0.0218. The summed E-state index contributed by atoms with van der Waals surface area (Å²) in [4.78, 5) is 16.8. The number of benzene rings is 2. The van der Waals surface area contributed by atoms with Gasteiger partial charge in [0.15, 0.2) is 11.6 Å². The minimum atomic E-state index is -3.15. The van der Waals surface area contributed by atoms with Gasteiger partial charge < -0.3 is 19.4 Å². The number of aromatic nitrogens is 2. The number of methoxy groups -OCH3 is 1. The zero-order chi connectivity index (χ0) is 20.4. The summed E-state index contributed by atoms with van der Waals surface area (Å²) in [5.74, 6) is -0.867. The molecule has 2 aromatic carbocycles. The third kappa shape index (κ3) is 3.73. The Morgan fingerprint density at radius 2 is 1.96 bits per heavy atom. The number of alkyl halides is 2. The summed E-state index contributed by atoms with van der Waals surface area (Å²) in [5.41, 5.74) is 2.26. The van der Waals surface area contributed by atoms with Gasteiger partial charge in [-0.3, -0.25) is 4.79 Å². The molecule has 6 nitrogen and oxygen atoms in total. The van der Waals surface area contributed by atoms with Crippen LogP contribution in [0.3, 0.4) is 0 Å². The van der Waals surface area contributed by atoms with Crippen molar-refractivity contribution in [3.63, 3.8) is 0 Å². The lowest BCUT2D eigenvalue weighted by Crippen LogP contribution is -2.23. The number of hydrogen-bond donors (Lipinski definition) is 1. The molecule has 1 amide bonds. The van der Waals surface area contributed by atoms with Crippen molar-refractivity contribution in [1.29, 1.82) is 0 Å². The molecule has 1 aromatic heterocycles. The summed E-state index contributed by atoms with van der Waals surface area (Å²) in [6.07, 6.45) is 0. The number of fused-ring (bicyclic) bond motifs is 1. The molecule has 3 rings (SSSR count). The molecular formula is C19H18F3N3O3. The molecule has 0 spiro atoms. The number of amides is 1. The number of carbonyl (C=O) groups excluding carboxylic acids is 1. The molecule has 1 N–H and O–H groups in total. The van der Waals surface area contributed by atoms with Gasteiger partial charge in [-0.05, 0) is 37.3 Å². The first-order chi connectivity index (χ1) is 13.3. The molecule has 0 aliphatic carbocycles. The third-order valence-corrected chi connectivity index (χ3v) is 4.38. The van der Waals surface area contributed by atoms with Crippen LogP contribution in [0.25, 0.3) is 11.0 Å². The Morgan fingerprint density at radius 3 is 2.61 bits per heavy atom. The minimum Gasteiger partial charge on any atom is -0.496 e. The van der Waals surface area contributed by atoms with E-state index in [1.54, 1.807) is 6.07 Å². The van der Waals surface area contributed by atoms with Crippen molar-refractivity contribution >= 4 is 16.9 Å². The van der Waals surface area contributed by atoms with E-state index in [2.05, 4.69) is 15.0 Å². The summed E-state index contributed by atoms with van der Waals surface area (Å²) in [5, 5.41) is 2.69. The summed E-state index contributed by atoms with van der Waals surface area (Å²) >= 11 is 0. The molecule has 1 heterocycles. The smallest absolute Gasteiger partial charge is 0.387 e. The highest BCUT2D eigenvalue weighted by Gasteiger charge is 2.17. The van der Waals surface area contributed by atoms with E-state index < -0.39 is 24.1 Å². The quantitative estimate of drug-likeness (QED) is 0.696. The van der Waals surface area contributed by atoms with Gasteiger partial charge in [0, 0.05) is 24.7 Å². The summed E-state index contributed by atoms with van der Waals surface area (Å²) in [6, 6.07) is 6.62. The number of imidazole rings is 1. The van der Waals surface area contributed by atoms with Gasteiger partial charge in [-0.1, -0.05) is 0 Å². The van der Waals surface area contributed by atoms with E-state index in [9.17, 15) is 18.0 Å². The van der Waals surface area contributed by atoms with Crippen molar-refractivity contribution < 1.29 is 27.4 Å². The molecule has 0 aliphatic rings.